The van der Waals surface area contributed by atoms with Crippen LogP contribution in [-0.4, -0.2) is 22.9 Å². The second-order valence-electron chi connectivity index (χ2n) is 5.05. The van der Waals surface area contributed by atoms with Gasteiger partial charge in [-0.2, -0.15) is 0 Å². The molecule has 2 amide bonds. The number of nitrogens with one attached hydrogen (secondary N) is 2. The maximum atomic E-state index is 11.9. The van der Waals surface area contributed by atoms with E-state index in [9.17, 15) is 14.4 Å². The predicted molar refractivity (Wildman–Crippen MR) is 91.5 cm³/mol. The van der Waals surface area contributed by atoms with Crippen LogP contribution in [0.25, 0.3) is 0 Å². The Morgan fingerprint density at radius 3 is 2.61 bits per heavy atom. The Labute approximate surface area is 141 Å². The van der Waals surface area contributed by atoms with Crippen LogP contribution in [-0.2, 0) is 11.8 Å². The molecular weight excluding hydrogens is 362 g/mol. The van der Waals surface area contributed by atoms with Crippen molar-refractivity contribution in [2.75, 3.05) is 11.9 Å². The van der Waals surface area contributed by atoms with Gasteiger partial charge in [0, 0.05) is 35.0 Å². The number of nitrogens with zero attached hydrogens (tertiary/aromatic N) is 1. The number of hydrogen-bond acceptors (Lipinski definition) is 3. The third kappa shape index (κ3) is 4.53. The molecule has 0 atom stereocenters. The molecule has 7 heteroatoms. The first-order valence-electron chi connectivity index (χ1n) is 6.87. The van der Waals surface area contributed by atoms with E-state index >= 15 is 0 Å². The van der Waals surface area contributed by atoms with Crippen molar-refractivity contribution >= 4 is 33.4 Å². The molecule has 0 saturated heterocycles. The molecule has 2 aromatic rings. The summed E-state index contributed by atoms with van der Waals surface area (Å²) in [5.74, 6) is -0.807. The van der Waals surface area contributed by atoms with Gasteiger partial charge in [0.25, 0.3) is 11.5 Å². The van der Waals surface area contributed by atoms with E-state index in [0.29, 0.717) is 5.69 Å². The topological polar surface area (TPSA) is 80.2 Å². The van der Waals surface area contributed by atoms with Crippen LogP contribution >= 0.6 is 15.9 Å². The number of anilines is 1. The quantitative estimate of drug-likeness (QED) is 0.852. The van der Waals surface area contributed by atoms with Crippen LogP contribution < -0.4 is 16.2 Å². The van der Waals surface area contributed by atoms with Gasteiger partial charge in [0.2, 0.25) is 5.91 Å². The van der Waals surface area contributed by atoms with Crippen molar-refractivity contribution in [3.8, 4) is 0 Å². The Bertz CT molecular complexity index is 814. The lowest BCUT2D eigenvalue weighted by molar-refractivity contribution is -0.115. The van der Waals surface area contributed by atoms with Gasteiger partial charge in [-0.25, -0.2) is 0 Å². The van der Waals surface area contributed by atoms with Crippen molar-refractivity contribution in [1.82, 2.24) is 9.88 Å². The molecule has 0 radical (unpaired) electrons. The zero-order valence-corrected chi connectivity index (χ0v) is 14.3. The van der Waals surface area contributed by atoms with Crippen LogP contribution in [0.5, 0.6) is 0 Å². The number of pyridine rings is 1. The van der Waals surface area contributed by atoms with Gasteiger partial charge in [0.1, 0.15) is 0 Å². The minimum absolute atomic E-state index is 0.177. The van der Waals surface area contributed by atoms with Crippen molar-refractivity contribution in [1.29, 1.82) is 0 Å². The molecule has 23 heavy (non-hydrogen) atoms. The fourth-order valence-corrected chi connectivity index (χ4v) is 2.39. The molecule has 2 rings (SSSR count). The molecule has 0 spiro atoms. The third-order valence-corrected chi connectivity index (χ3v) is 3.73. The number of rotatable bonds is 4. The average Bonchev–Trinajstić information content (AvgIpc) is 2.50. The van der Waals surface area contributed by atoms with Crippen molar-refractivity contribution < 1.29 is 9.59 Å². The van der Waals surface area contributed by atoms with Gasteiger partial charge >= 0.3 is 0 Å². The van der Waals surface area contributed by atoms with Crippen molar-refractivity contribution in [2.45, 2.75) is 6.92 Å². The molecule has 1 heterocycles. The highest BCUT2D eigenvalue weighted by Gasteiger charge is 2.10. The molecule has 6 nitrogen and oxygen atoms in total. The molecule has 0 bridgehead atoms. The highest BCUT2D eigenvalue weighted by atomic mass is 79.9. The summed E-state index contributed by atoms with van der Waals surface area (Å²) in [4.78, 5) is 35.3. The number of carbonyl (C=O) groups is 2. The lowest BCUT2D eigenvalue weighted by Crippen LogP contribution is -2.33. The lowest BCUT2D eigenvalue weighted by Gasteiger charge is -2.10. The second-order valence-corrected chi connectivity index (χ2v) is 5.97. The Morgan fingerprint density at radius 1 is 1.22 bits per heavy atom. The van der Waals surface area contributed by atoms with Gasteiger partial charge in [-0.15, -0.1) is 0 Å². The van der Waals surface area contributed by atoms with Gasteiger partial charge in [-0.05, 0) is 36.8 Å². The van der Waals surface area contributed by atoms with Crippen LogP contribution in [0, 0.1) is 6.92 Å². The molecule has 0 aliphatic carbocycles. The molecule has 0 unspecified atom stereocenters. The van der Waals surface area contributed by atoms with E-state index in [1.54, 1.807) is 13.1 Å². The molecule has 0 aliphatic heterocycles. The summed E-state index contributed by atoms with van der Waals surface area (Å²) in [6.45, 7) is 1.70. The zero-order chi connectivity index (χ0) is 17.0. The van der Waals surface area contributed by atoms with Gasteiger partial charge in [-0.3, -0.25) is 14.4 Å². The number of amides is 2. The summed E-state index contributed by atoms with van der Waals surface area (Å²) in [7, 11) is 1.60. The largest absolute Gasteiger partial charge is 0.343 e. The highest BCUT2D eigenvalue weighted by molar-refractivity contribution is 9.10. The summed E-state index contributed by atoms with van der Waals surface area (Å²) in [5, 5.41) is 5.21. The number of hydrogen-bond donors (Lipinski definition) is 2. The first-order valence-corrected chi connectivity index (χ1v) is 7.67. The van der Waals surface area contributed by atoms with Crippen LogP contribution in [0.15, 0.2) is 45.8 Å². The lowest BCUT2D eigenvalue weighted by atomic mass is 10.2. The number of aromatic nitrogens is 1. The van der Waals surface area contributed by atoms with Gasteiger partial charge < -0.3 is 15.2 Å². The monoisotopic (exact) mass is 377 g/mol. The van der Waals surface area contributed by atoms with E-state index in [2.05, 4.69) is 26.6 Å². The Morgan fingerprint density at radius 2 is 1.96 bits per heavy atom. The van der Waals surface area contributed by atoms with E-state index in [4.69, 9.17) is 0 Å². The Kier molecular flexibility index (Phi) is 5.33. The van der Waals surface area contributed by atoms with Gasteiger partial charge in [0.05, 0.1) is 6.54 Å². The number of aryl methyl sites for hydroxylation is 2. The maximum absolute atomic E-state index is 11.9. The van der Waals surface area contributed by atoms with E-state index in [-0.39, 0.29) is 23.6 Å². The van der Waals surface area contributed by atoms with Crippen molar-refractivity contribution in [2.24, 2.45) is 7.05 Å². The average molecular weight is 378 g/mol. The Hall–Kier alpha value is -2.41. The highest BCUT2D eigenvalue weighted by Crippen LogP contribution is 2.19. The smallest absolute Gasteiger partial charge is 0.251 e. The van der Waals surface area contributed by atoms with E-state index in [0.717, 1.165) is 10.0 Å². The van der Waals surface area contributed by atoms with Crippen LogP contribution in [0.3, 0.4) is 0 Å². The van der Waals surface area contributed by atoms with Gasteiger partial charge in [0.15, 0.2) is 0 Å². The SMILES string of the molecule is Cc1cc(Br)ccc1NC(=O)CNC(=O)c1ccn(C)c(=O)c1. The van der Waals surface area contributed by atoms with E-state index in [1.807, 2.05) is 19.1 Å². The first-order chi connectivity index (χ1) is 10.9. The number of carbonyl (C=O) groups excluding carboxylic acids is 2. The Balaban J connectivity index is 1.94. The van der Waals surface area contributed by atoms with Crippen LogP contribution in [0.1, 0.15) is 15.9 Å². The predicted octanol–water partition coefficient (Wildman–Crippen LogP) is 1.82. The van der Waals surface area contributed by atoms with Gasteiger partial charge in [-0.1, -0.05) is 15.9 Å². The van der Waals surface area contributed by atoms with Crippen molar-refractivity contribution in [3.05, 3.63) is 62.5 Å². The fraction of sp³-hybridized carbons (Fsp3) is 0.188. The number of halogens is 1. The van der Waals surface area contributed by atoms with Crippen molar-refractivity contribution in [3.63, 3.8) is 0 Å². The normalized spacial score (nSPS) is 10.2. The summed E-state index contributed by atoms with van der Waals surface area (Å²) in [6.07, 6.45) is 1.50. The molecule has 0 saturated carbocycles. The van der Waals surface area contributed by atoms with E-state index < -0.39 is 5.91 Å². The summed E-state index contributed by atoms with van der Waals surface area (Å²) in [6, 6.07) is 8.23. The number of benzene rings is 1. The minimum Gasteiger partial charge on any atom is -0.343 e. The summed E-state index contributed by atoms with van der Waals surface area (Å²) < 4.78 is 2.28. The molecular formula is C16H16BrN3O3. The second kappa shape index (κ2) is 7.23. The van der Waals surface area contributed by atoms with Crippen LogP contribution in [0.2, 0.25) is 0 Å². The standard InChI is InChI=1S/C16H16BrN3O3/c1-10-7-12(17)3-4-13(10)19-14(21)9-18-16(23)11-5-6-20(2)15(22)8-11/h3-8H,9H2,1-2H3,(H,18,23)(H,19,21). The third-order valence-electron chi connectivity index (χ3n) is 3.24. The maximum Gasteiger partial charge on any atom is 0.251 e. The van der Waals surface area contributed by atoms with Crippen LogP contribution in [0.4, 0.5) is 5.69 Å². The molecule has 0 fully saturated rings. The van der Waals surface area contributed by atoms with E-state index in [1.165, 1.54) is 22.9 Å². The zero-order valence-electron chi connectivity index (χ0n) is 12.7. The minimum atomic E-state index is -0.467. The summed E-state index contributed by atoms with van der Waals surface area (Å²) >= 11 is 3.35. The summed E-state index contributed by atoms with van der Waals surface area (Å²) in [5.41, 5.74) is 1.53. The molecule has 0 aliphatic rings. The molecule has 120 valence electrons. The fourth-order valence-electron chi connectivity index (χ4n) is 1.91. The molecule has 1 aromatic carbocycles. The molecule has 1 aromatic heterocycles. The molecule has 2 N–H and O–H groups in total. The first kappa shape index (κ1) is 17.0.